The van der Waals surface area contributed by atoms with Gasteiger partial charge in [0.2, 0.25) is 41.4 Å². The van der Waals surface area contributed by atoms with Crippen LogP contribution in [0.5, 0.6) is 11.5 Å². The van der Waals surface area contributed by atoms with Gasteiger partial charge < -0.3 is 83.0 Å². The lowest BCUT2D eigenvalue weighted by molar-refractivity contribution is -0.147. The smallest absolute Gasteiger partial charge is 0.248 e. The van der Waals surface area contributed by atoms with Crippen molar-refractivity contribution < 1.29 is 74.0 Å². The van der Waals surface area contributed by atoms with Crippen LogP contribution in [0, 0.1) is 5.92 Å². The minimum atomic E-state index is -2.10. The Morgan fingerprint density at radius 1 is 0.847 bits per heavy atom. The number of methoxy groups -OCH3 is 1. The van der Waals surface area contributed by atoms with Crippen LogP contribution in [0.2, 0.25) is 0 Å². The number of hydrogen-bond donors (Lipinski definition) is 13. The highest BCUT2D eigenvalue weighted by atomic mass is 16.5. The number of carbonyl (C=O) groups is 7. The molecule has 0 saturated carbocycles. The van der Waals surface area contributed by atoms with Crippen molar-refractivity contribution in [3.8, 4) is 11.5 Å². The lowest BCUT2D eigenvalue weighted by atomic mass is 9.98. The van der Waals surface area contributed by atoms with E-state index in [2.05, 4.69) is 21.3 Å². The summed E-state index contributed by atoms with van der Waals surface area (Å²) < 4.78 is 5.12. The van der Waals surface area contributed by atoms with Crippen LogP contribution in [-0.4, -0.2) is 187 Å². The van der Waals surface area contributed by atoms with Gasteiger partial charge in [-0.2, -0.15) is 0 Å². The number of rotatable bonds is 8. The molecule has 59 heavy (non-hydrogen) atoms. The second kappa shape index (κ2) is 19.7. The molecule has 3 saturated heterocycles. The molecular weight excluding hydrogens is 784 g/mol. The van der Waals surface area contributed by atoms with Crippen LogP contribution in [0.3, 0.4) is 0 Å². The topological polar surface area (TPSA) is 377 Å². The van der Waals surface area contributed by atoms with E-state index in [4.69, 9.17) is 16.2 Å². The molecule has 0 radical (unpaired) electrons. The van der Waals surface area contributed by atoms with E-state index in [1.807, 2.05) is 0 Å². The number of hydrogen-bond acceptors (Lipinski definition) is 16. The summed E-state index contributed by atoms with van der Waals surface area (Å²) in [5.74, 6) is -8.89. The van der Waals surface area contributed by atoms with E-state index in [0.29, 0.717) is 0 Å². The quantitative estimate of drug-likeness (QED) is 0.116. The SMILES string of the molecule is COc1cc(C[C@@H](O)[C@@H]2NC(=O)[C@@H]3C[C@@H](O)CN3C(=O)[C@H]([C@@H](C)O)NC(=O)C(N)C[C@@H](O)CNC(=O)[C@@H]3[C@@H](O)[C@@H](C)CN3C(=O)[C@H]([C@H](O)CC(N)=O)NC2=O)ccc1O. The third-order valence-electron chi connectivity index (χ3n) is 10.6. The molecule has 3 aliphatic rings. The molecule has 0 spiro atoms. The number of phenols is 1. The highest BCUT2D eigenvalue weighted by molar-refractivity contribution is 5.98. The molecule has 3 heterocycles. The zero-order valence-electron chi connectivity index (χ0n) is 32.6. The fourth-order valence-electron chi connectivity index (χ4n) is 7.35. The number of nitrogens with one attached hydrogen (secondary N) is 4. The van der Waals surface area contributed by atoms with Gasteiger partial charge in [0.05, 0.1) is 56.2 Å². The summed E-state index contributed by atoms with van der Waals surface area (Å²) in [6, 6.07) is -6.76. The Bertz CT molecular complexity index is 1750. The van der Waals surface area contributed by atoms with Crippen molar-refractivity contribution in [2.45, 2.75) is 112 Å². The van der Waals surface area contributed by atoms with Crippen LogP contribution in [0.15, 0.2) is 18.2 Å². The van der Waals surface area contributed by atoms with Crippen molar-refractivity contribution in [3.05, 3.63) is 23.8 Å². The van der Waals surface area contributed by atoms with Gasteiger partial charge >= 0.3 is 0 Å². The molecule has 23 nitrogen and oxygen atoms in total. The van der Waals surface area contributed by atoms with E-state index >= 15 is 0 Å². The van der Waals surface area contributed by atoms with Gasteiger partial charge in [0, 0.05) is 38.4 Å². The van der Waals surface area contributed by atoms with Crippen molar-refractivity contribution in [2.75, 3.05) is 26.7 Å². The highest BCUT2D eigenvalue weighted by Gasteiger charge is 2.49. The number of benzene rings is 1. The maximum atomic E-state index is 14.3. The van der Waals surface area contributed by atoms with Gasteiger partial charge in [-0.1, -0.05) is 13.0 Å². The standard InChI is InChI=1S/C36H54N8O15/c1-14-12-44-29(30(14)52)34(56)39-11-17(46)8-19(37)31(53)40-26(15(2)45)35(57)43-13-18(47)9-20(43)32(54)41-27(22(49)6-16-4-5-21(48)24(7-16)59-3)33(55)42-28(36(44)58)23(50)10-25(38)51/h4-5,7,14-15,17-20,22-23,26-30,45-50,52H,6,8-13,37H2,1-3H3,(H2,38,51)(H,39,56)(H,40,53)(H,41,54)(H,42,55)/t14-,15+,17+,18+,19?,20-,22+,23+,26-,27-,28-,29-,30-/m0/s1. The van der Waals surface area contributed by atoms with Gasteiger partial charge in [0.25, 0.3) is 0 Å². The molecule has 23 heteroatoms. The second-order valence-corrected chi connectivity index (χ2v) is 15.3. The fraction of sp³-hybridized carbons (Fsp3) is 0.639. The molecule has 328 valence electrons. The maximum absolute atomic E-state index is 14.3. The first-order valence-electron chi connectivity index (χ1n) is 18.9. The third kappa shape index (κ3) is 11.1. The summed E-state index contributed by atoms with van der Waals surface area (Å²) in [4.78, 5) is 96.7. The Morgan fingerprint density at radius 3 is 2.10 bits per heavy atom. The Morgan fingerprint density at radius 2 is 1.47 bits per heavy atom. The van der Waals surface area contributed by atoms with E-state index < -0.39 is 159 Å². The molecule has 0 aromatic heterocycles. The number of primary amides is 1. The van der Waals surface area contributed by atoms with Crippen molar-refractivity contribution in [2.24, 2.45) is 17.4 Å². The lowest BCUT2D eigenvalue weighted by Crippen LogP contribution is -2.64. The summed E-state index contributed by atoms with van der Waals surface area (Å²) >= 11 is 0. The largest absolute Gasteiger partial charge is 0.504 e. The number of aliphatic hydroxyl groups excluding tert-OH is 6. The predicted octanol–water partition coefficient (Wildman–Crippen LogP) is -7.25. The zero-order valence-corrected chi connectivity index (χ0v) is 32.6. The molecule has 13 atom stereocenters. The van der Waals surface area contributed by atoms with Gasteiger partial charge in [-0.3, -0.25) is 33.6 Å². The Labute approximate surface area is 338 Å². The lowest BCUT2D eigenvalue weighted by Gasteiger charge is -2.33. The number of ether oxygens (including phenoxy) is 1. The third-order valence-corrected chi connectivity index (χ3v) is 10.6. The summed E-state index contributed by atoms with van der Waals surface area (Å²) in [5, 5.41) is 84.9. The van der Waals surface area contributed by atoms with Gasteiger partial charge in [-0.05, 0) is 31.0 Å². The van der Waals surface area contributed by atoms with Crippen LogP contribution < -0.4 is 37.5 Å². The summed E-state index contributed by atoms with van der Waals surface area (Å²) in [7, 11) is 1.26. The van der Waals surface area contributed by atoms with Crippen LogP contribution >= 0.6 is 0 Å². The molecule has 4 rings (SSSR count). The van der Waals surface area contributed by atoms with Crippen LogP contribution in [-0.2, 0) is 40.0 Å². The predicted molar refractivity (Wildman–Crippen MR) is 200 cm³/mol. The van der Waals surface area contributed by atoms with Crippen molar-refractivity contribution in [1.82, 2.24) is 31.1 Å². The van der Waals surface area contributed by atoms with E-state index in [1.54, 1.807) is 0 Å². The summed E-state index contributed by atoms with van der Waals surface area (Å²) in [5.41, 5.74) is 11.6. The molecule has 7 amide bonds. The fourth-order valence-corrected chi connectivity index (χ4v) is 7.35. The van der Waals surface area contributed by atoms with Gasteiger partial charge in [0.1, 0.15) is 30.2 Å². The molecule has 15 N–H and O–H groups in total. The molecule has 3 fully saturated rings. The Balaban J connectivity index is 1.82. The van der Waals surface area contributed by atoms with Crippen molar-refractivity contribution >= 4 is 41.4 Å². The molecule has 0 aliphatic carbocycles. The minimum absolute atomic E-state index is 0.0136. The summed E-state index contributed by atoms with van der Waals surface area (Å²) in [6.45, 7) is 1.30. The number of aliphatic hydroxyl groups is 6. The highest BCUT2D eigenvalue weighted by Crippen LogP contribution is 2.28. The first kappa shape index (κ1) is 46.5. The average Bonchev–Trinajstić information content (AvgIpc) is 3.71. The average molecular weight is 839 g/mol. The number of β-amino-alcohol motifs (C(OH)–C–C–N with tert-alkyl or cyclic N) is 1. The number of nitrogens with zero attached hydrogens (tertiary/aromatic N) is 2. The zero-order chi connectivity index (χ0) is 44.0. The number of fused-ring (bicyclic) bond motifs is 2. The number of nitrogens with two attached hydrogens (primary N) is 2. The summed E-state index contributed by atoms with van der Waals surface area (Å²) in [6.07, 6.45) is -12.2. The molecule has 1 aromatic carbocycles. The molecule has 3 aliphatic heterocycles. The van der Waals surface area contributed by atoms with E-state index in [-0.39, 0.29) is 23.6 Å². The number of aromatic hydroxyl groups is 1. The first-order chi connectivity index (χ1) is 27.6. The van der Waals surface area contributed by atoms with E-state index in [9.17, 15) is 69.3 Å². The Hall–Kier alpha value is -5.17. The van der Waals surface area contributed by atoms with Crippen LogP contribution in [0.25, 0.3) is 0 Å². The normalized spacial score (nSPS) is 32.0. The first-order valence-corrected chi connectivity index (χ1v) is 18.9. The van der Waals surface area contributed by atoms with Crippen LogP contribution in [0.1, 0.15) is 38.7 Å². The van der Waals surface area contributed by atoms with E-state index in [0.717, 1.165) is 16.7 Å². The van der Waals surface area contributed by atoms with Gasteiger partial charge in [0.15, 0.2) is 11.5 Å². The minimum Gasteiger partial charge on any atom is -0.504 e. The second-order valence-electron chi connectivity index (χ2n) is 15.3. The van der Waals surface area contributed by atoms with Crippen molar-refractivity contribution in [1.29, 1.82) is 0 Å². The monoisotopic (exact) mass is 838 g/mol. The van der Waals surface area contributed by atoms with Gasteiger partial charge in [-0.25, -0.2) is 0 Å². The number of amides is 7. The Kier molecular flexibility index (Phi) is 15.5. The van der Waals surface area contributed by atoms with Crippen LogP contribution in [0.4, 0.5) is 0 Å². The van der Waals surface area contributed by atoms with Crippen molar-refractivity contribution in [3.63, 3.8) is 0 Å². The number of phenolic OH excluding ortho intramolecular Hbond substituents is 1. The van der Waals surface area contributed by atoms with E-state index in [1.165, 1.54) is 32.2 Å². The molecule has 1 aromatic rings. The van der Waals surface area contributed by atoms with Gasteiger partial charge in [-0.15, -0.1) is 0 Å². The molecule has 1 unspecified atom stereocenters. The molecular formula is C36H54N8O15. The number of carbonyl (C=O) groups excluding carboxylic acids is 7. The maximum Gasteiger partial charge on any atom is 0.248 e. The molecule has 0 bridgehead atoms.